The second-order valence-electron chi connectivity index (χ2n) is 2.00. The van der Waals surface area contributed by atoms with Crippen LogP contribution in [0.4, 0.5) is 0 Å². The molecule has 0 heterocycles. The molecule has 1 rings (SSSR count). The molecule has 0 aliphatic heterocycles. The summed E-state index contributed by atoms with van der Waals surface area (Å²) in [5.74, 6) is 0. The van der Waals surface area contributed by atoms with E-state index in [1.54, 1.807) is 12.1 Å². The van der Waals surface area contributed by atoms with Crippen molar-refractivity contribution in [1.29, 1.82) is 0 Å². The Hall–Kier alpha value is 0.120. The lowest BCUT2D eigenvalue weighted by Crippen LogP contribution is -1.78. The Morgan fingerprint density at radius 2 is 1.58 bits per heavy atom. The van der Waals surface area contributed by atoms with E-state index >= 15 is 0 Å². The van der Waals surface area contributed by atoms with E-state index in [2.05, 4.69) is 6.08 Å². The van der Waals surface area contributed by atoms with Crippen LogP contribution in [0, 0.1) is 6.08 Å². The molecule has 1 aromatic carbocycles. The molecule has 0 nitrogen and oxygen atoms in total. The molecule has 0 N–H and O–H groups in total. The zero-order chi connectivity index (χ0) is 9.14. The van der Waals surface area contributed by atoms with Crippen molar-refractivity contribution in [3.63, 3.8) is 0 Å². The highest BCUT2D eigenvalue weighted by atomic mass is 35.5. The van der Waals surface area contributed by atoms with Gasteiger partial charge in [0.15, 0.2) is 0 Å². The highest BCUT2D eigenvalue weighted by Gasteiger charge is 2.02. The Labute approximate surface area is 90.7 Å². The van der Waals surface area contributed by atoms with Gasteiger partial charge in [0, 0.05) is 17.2 Å². The summed E-state index contributed by atoms with van der Waals surface area (Å²) in [6, 6.07) is 3.15. The van der Waals surface area contributed by atoms with Crippen LogP contribution in [-0.4, -0.2) is 0 Å². The van der Waals surface area contributed by atoms with Gasteiger partial charge in [-0.25, -0.2) is 0 Å². The van der Waals surface area contributed by atoms with Crippen molar-refractivity contribution in [2.75, 3.05) is 0 Å². The van der Waals surface area contributed by atoms with Gasteiger partial charge in [0.1, 0.15) is 0 Å². The highest BCUT2D eigenvalue weighted by Crippen LogP contribution is 2.28. The summed E-state index contributed by atoms with van der Waals surface area (Å²) in [4.78, 5) is 0. The second-order valence-corrected chi connectivity index (χ2v) is 3.44. The standard InChI is InChI=1S/C8H3Cl4/c9-2-1-5-3-7(11)8(12)4-6(5)10/h2-4H. The van der Waals surface area contributed by atoms with E-state index in [0.717, 1.165) is 0 Å². The smallest absolute Gasteiger partial charge is 0.0607 e. The van der Waals surface area contributed by atoms with Crippen LogP contribution >= 0.6 is 46.4 Å². The van der Waals surface area contributed by atoms with Crippen molar-refractivity contribution in [2.45, 2.75) is 0 Å². The predicted molar refractivity (Wildman–Crippen MR) is 54.2 cm³/mol. The summed E-state index contributed by atoms with van der Waals surface area (Å²) in [6.45, 7) is 0. The quantitative estimate of drug-likeness (QED) is 0.632. The zero-order valence-corrected chi connectivity index (χ0v) is 8.77. The first-order chi connectivity index (χ1) is 5.65. The summed E-state index contributed by atoms with van der Waals surface area (Å²) >= 11 is 22.6. The molecule has 1 aromatic rings. The summed E-state index contributed by atoms with van der Waals surface area (Å²) in [6.07, 6.45) is 2.71. The van der Waals surface area contributed by atoms with Gasteiger partial charge in [-0.2, -0.15) is 0 Å². The fraction of sp³-hybridized carbons (Fsp3) is 0. The average Bonchev–Trinajstić information content (AvgIpc) is 2.01. The molecule has 0 unspecified atom stereocenters. The largest absolute Gasteiger partial charge is 0.0923 e. The van der Waals surface area contributed by atoms with E-state index in [-0.39, 0.29) is 0 Å². The highest BCUT2D eigenvalue weighted by molar-refractivity contribution is 6.43. The van der Waals surface area contributed by atoms with Crippen molar-refractivity contribution in [3.8, 4) is 0 Å². The van der Waals surface area contributed by atoms with Gasteiger partial charge in [0.2, 0.25) is 0 Å². The molecule has 0 fully saturated rings. The minimum Gasteiger partial charge on any atom is -0.0923 e. The maximum atomic E-state index is 5.80. The fourth-order valence-electron chi connectivity index (χ4n) is 0.692. The third-order valence-corrected chi connectivity index (χ3v) is 2.36. The molecule has 0 saturated carbocycles. The van der Waals surface area contributed by atoms with Gasteiger partial charge in [0.05, 0.1) is 15.1 Å². The number of hydrogen-bond donors (Lipinski definition) is 0. The van der Waals surface area contributed by atoms with Gasteiger partial charge in [-0.3, -0.25) is 0 Å². The average molecular weight is 241 g/mol. The van der Waals surface area contributed by atoms with Crippen molar-refractivity contribution >= 4 is 46.4 Å². The SMILES string of the molecule is ClC=[C]c1cc(Cl)c(Cl)cc1Cl. The minimum atomic E-state index is 0.418. The molecular formula is C8H3Cl4. The fourth-order valence-corrected chi connectivity index (χ4v) is 1.41. The van der Waals surface area contributed by atoms with Crippen molar-refractivity contribution in [1.82, 2.24) is 0 Å². The van der Waals surface area contributed by atoms with Crippen molar-refractivity contribution in [3.05, 3.63) is 44.4 Å². The number of halogens is 4. The molecule has 0 aliphatic rings. The summed E-state index contributed by atoms with van der Waals surface area (Å²) in [7, 11) is 0. The molecule has 0 aliphatic carbocycles. The molecule has 0 bridgehead atoms. The van der Waals surface area contributed by atoms with Crippen molar-refractivity contribution < 1.29 is 0 Å². The maximum Gasteiger partial charge on any atom is 0.0607 e. The van der Waals surface area contributed by atoms with E-state index in [1.165, 1.54) is 5.54 Å². The molecule has 12 heavy (non-hydrogen) atoms. The van der Waals surface area contributed by atoms with Crippen LogP contribution in [0.1, 0.15) is 5.56 Å². The molecule has 0 atom stereocenters. The van der Waals surface area contributed by atoms with Crippen LogP contribution in [-0.2, 0) is 0 Å². The van der Waals surface area contributed by atoms with E-state index in [9.17, 15) is 0 Å². The van der Waals surface area contributed by atoms with Gasteiger partial charge < -0.3 is 0 Å². The van der Waals surface area contributed by atoms with Crippen LogP contribution < -0.4 is 0 Å². The minimum absolute atomic E-state index is 0.418. The lowest BCUT2D eigenvalue weighted by Gasteiger charge is -1.99. The summed E-state index contributed by atoms with van der Waals surface area (Å²) in [5.41, 5.74) is 1.87. The molecule has 4 heteroatoms. The molecule has 0 spiro atoms. The van der Waals surface area contributed by atoms with Gasteiger partial charge in [-0.1, -0.05) is 46.4 Å². The lowest BCUT2D eigenvalue weighted by molar-refractivity contribution is 1.58. The molecular weight excluding hydrogens is 238 g/mol. The van der Waals surface area contributed by atoms with Gasteiger partial charge in [-0.15, -0.1) is 0 Å². The first-order valence-electron chi connectivity index (χ1n) is 2.98. The number of rotatable bonds is 1. The third kappa shape index (κ3) is 2.30. The van der Waals surface area contributed by atoms with E-state index < -0.39 is 0 Å². The summed E-state index contributed by atoms with van der Waals surface area (Å²) < 4.78 is 0. The summed E-state index contributed by atoms with van der Waals surface area (Å²) in [5, 5.41) is 1.32. The Balaban J connectivity index is 3.23. The van der Waals surface area contributed by atoms with Gasteiger partial charge >= 0.3 is 0 Å². The molecule has 1 radical (unpaired) electrons. The first-order valence-corrected chi connectivity index (χ1v) is 4.55. The maximum absolute atomic E-state index is 5.80. The van der Waals surface area contributed by atoms with Crippen LogP contribution in [0.15, 0.2) is 17.7 Å². The topological polar surface area (TPSA) is 0 Å². The van der Waals surface area contributed by atoms with Crippen LogP contribution in [0.3, 0.4) is 0 Å². The first kappa shape index (κ1) is 10.2. The normalized spacial score (nSPS) is 11.0. The van der Waals surface area contributed by atoms with Gasteiger partial charge in [0.25, 0.3) is 0 Å². The predicted octanol–water partition coefficient (Wildman–Crippen LogP) is 4.55. The third-order valence-electron chi connectivity index (χ3n) is 1.22. The van der Waals surface area contributed by atoms with Crippen molar-refractivity contribution in [2.24, 2.45) is 0 Å². The monoisotopic (exact) mass is 239 g/mol. The lowest BCUT2D eigenvalue weighted by atomic mass is 10.2. The Bertz CT molecular complexity index is 317. The molecule has 63 valence electrons. The van der Waals surface area contributed by atoms with Gasteiger partial charge in [-0.05, 0) is 12.1 Å². The Morgan fingerprint density at radius 3 is 2.17 bits per heavy atom. The van der Waals surface area contributed by atoms with Crippen LogP contribution in [0.2, 0.25) is 15.1 Å². The van der Waals surface area contributed by atoms with Crippen LogP contribution in [0.25, 0.3) is 0 Å². The number of hydrogen-bond acceptors (Lipinski definition) is 0. The zero-order valence-electron chi connectivity index (χ0n) is 5.74. The molecule has 0 amide bonds. The molecule has 0 aromatic heterocycles. The Kier molecular flexibility index (Phi) is 3.73. The molecule has 0 saturated heterocycles. The van der Waals surface area contributed by atoms with E-state index in [4.69, 9.17) is 46.4 Å². The van der Waals surface area contributed by atoms with E-state index in [1.807, 2.05) is 0 Å². The Morgan fingerprint density at radius 1 is 1.00 bits per heavy atom. The number of benzene rings is 1. The van der Waals surface area contributed by atoms with Crippen LogP contribution in [0.5, 0.6) is 0 Å². The van der Waals surface area contributed by atoms with E-state index in [0.29, 0.717) is 20.6 Å². The second kappa shape index (κ2) is 4.38.